The third kappa shape index (κ3) is 32.4. The predicted octanol–water partition coefficient (Wildman–Crippen LogP) is 8.16. The van der Waals surface area contributed by atoms with E-state index in [1.54, 1.807) is 0 Å². The van der Waals surface area contributed by atoms with Crippen molar-refractivity contribution in [2.45, 2.75) is 324 Å². The van der Waals surface area contributed by atoms with Crippen molar-refractivity contribution >= 4 is 5.91 Å². The number of nitrogens with one attached hydrogen (secondary N) is 1. The Hall–Kier alpha value is -2.77. The van der Waals surface area contributed by atoms with Crippen LogP contribution in [0.3, 0.4) is 0 Å². The molecule has 0 radical (unpaired) electrons. The van der Waals surface area contributed by atoms with Gasteiger partial charge in [0.05, 0.1) is 38.6 Å². The minimum absolute atomic E-state index is 0.251. The number of amides is 1. The van der Waals surface area contributed by atoms with E-state index < -0.39 is 124 Å². The molecule has 3 saturated heterocycles. The summed E-state index contributed by atoms with van der Waals surface area (Å²) in [5, 5.41) is 120. The molecule has 3 rings (SSSR count). The fourth-order valence-electron chi connectivity index (χ4n) is 11.1. The van der Waals surface area contributed by atoms with E-state index in [1.165, 1.54) is 96.3 Å². The van der Waals surface area contributed by atoms with Crippen LogP contribution in [0.15, 0.2) is 72.9 Å². The van der Waals surface area contributed by atoms with Gasteiger partial charge < -0.3 is 89.9 Å². The minimum atomic E-state index is -1.97. The number of unbranched alkanes of at least 4 members (excludes halogenated alkanes) is 22. The van der Waals surface area contributed by atoms with Crippen molar-refractivity contribution < 1.29 is 89.4 Å². The third-order valence-electron chi connectivity index (χ3n) is 16.5. The number of allylic oxidation sites excluding steroid dienone is 12. The molecule has 0 bridgehead atoms. The Balaban J connectivity index is 1.25. The maximum absolute atomic E-state index is 13.3. The van der Waals surface area contributed by atoms with E-state index in [0.717, 1.165) is 89.9 Å². The number of rotatable bonds is 50. The quantitative estimate of drug-likeness (QED) is 0.0202. The van der Waals surface area contributed by atoms with Gasteiger partial charge in [0.25, 0.3) is 0 Å². The number of hydrogen-bond donors (Lipinski definition) is 12. The Morgan fingerprint density at radius 2 is 0.793 bits per heavy atom. The van der Waals surface area contributed by atoms with Crippen LogP contribution in [0.5, 0.6) is 0 Å². The number of carbonyl (C=O) groups excluding carboxylic acids is 1. The van der Waals surface area contributed by atoms with Gasteiger partial charge in [0.1, 0.15) is 73.2 Å². The van der Waals surface area contributed by atoms with Gasteiger partial charge in [-0.1, -0.05) is 222 Å². The predicted molar refractivity (Wildman–Crippen MR) is 337 cm³/mol. The van der Waals surface area contributed by atoms with E-state index in [1.807, 2.05) is 0 Å². The molecular formula is C68H119NO18. The molecule has 0 aliphatic carbocycles. The van der Waals surface area contributed by atoms with Gasteiger partial charge in [0.2, 0.25) is 5.91 Å². The van der Waals surface area contributed by atoms with Gasteiger partial charge in [0, 0.05) is 6.42 Å². The molecular weight excluding hydrogens is 1120 g/mol. The highest BCUT2D eigenvalue weighted by molar-refractivity contribution is 5.76. The van der Waals surface area contributed by atoms with Crippen molar-refractivity contribution in [1.82, 2.24) is 5.32 Å². The molecule has 87 heavy (non-hydrogen) atoms. The summed E-state index contributed by atoms with van der Waals surface area (Å²) in [6, 6.07) is -0.884. The number of hydrogen-bond acceptors (Lipinski definition) is 18. The fraction of sp³-hybridized carbons (Fsp3) is 0.809. The van der Waals surface area contributed by atoms with Gasteiger partial charge in [-0.05, 0) is 64.2 Å². The zero-order valence-corrected chi connectivity index (χ0v) is 53.0. The molecule has 17 atom stereocenters. The Labute approximate surface area is 521 Å². The summed E-state index contributed by atoms with van der Waals surface area (Å²) in [5.74, 6) is -0.251. The van der Waals surface area contributed by atoms with Crippen molar-refractivity contribution in [3.63, 3.8) is 0 Å². The highest BCUT2D eigenvalue weighted by atomic mass is 16.8. The topological polar surface area (TPSA) is 307 Å². The lowest BCUT2D eigenvalue weighted by Crippen LogP contribution is -2.66. The normalized spacial score (nSPS) is 29.0. The van der Waals surface area contributed by atoms with Crippen LogP contribution in [0.2, 0.25) is 0 Å². The van der Waals surface area contributed by atoms with Crippen LogP contribution < -0.4 is 5.32 Å². The van der Waals surface area contributed by atoms with Crippen LogP contribution in [-0.4, -0.2) is 193 Å². The van der Waals surface area contributed by atoms with E-state index in [2.05, 4.69) is 92.1 Å². The van der Waals surface area contributed by atoms with E-state index in [9.17, 15) is 61.0 Å². The average Bonchev–Trinajstić information content (AvgIpc) is 2.33. The molecule has 0 spiro atoms. The molecule has 0 aromatic rings. The standard InChI is InChI=1S/C68H119NO18/c1-3-5-7-9-10-11-12-13-14-15-16-17-18-19-20-21-22-23-24-25-26-27-28-29-30-31-32-33-34-35-36-37-38-39-40-42-44-46-56(74)69-51(52(73)45-43-41-8-6-4-2)50-82-66-62(80)59(77)64(54(48-71)84-66)87-68-63(81)60(78)65(55(49-72)85-68)86-67-61(79)58(76)57(75)53(47-70)83-67/h5,7,10-11,13-14,16-17,19-20,22-23,51-55,57-68,70-73,75-81H,3-4,6,8-9,12,15,18,21,24-50H2,1-2H3,(H,69,74)/b7-5-,11-10-,14-13-,17-16-,20-19-,23-22-. The van der Waals surface area contributed by atoms with Crippen LogP contribution in [0.4, 0.5) is 0 Å². The van der Waals surface area contributed by atoms with E-state index in [4.69, 9.17) is 28.4 Å². The first-order valence-corrected chi connectivity index (χ1v) is 33.7. The zero-order chi connectivity index (χ0) is 63.3. The van der Waals surface area contributed by atoms with E-state index in [0.29, 0.717) is 12.8 Å². The fourth-order valence-corrected chi connectivity index (χ4v) is 11.1. The summed E-state index contributed by atoms with van der Waals surface area (Å²) in [6.07, 6.45) is 35.2. The van der Waals surface area contributed by atoms with Gasteiger partial charge in [0.15, 0.2) is 18.9 Å². The van der Waals surface area contributed by atoms with Crippen molar-refractivity contribution in [3.05, 3.63) is 72.9 Å². The summed E-state index contributed by atoms with van der Waals surface area (Å²) < 4.78 is 34.2. The third-order valence-corrected chi connectivity index (χ3v) is 16.5. The summed E-state index contributed by atoms with van der Waals surface area (Å²) in [7, 11) is 0. The Morgan fingerprint density at radius 1 is 0.425 bits per heavy atom. The first-order valence-electron chi connectivity index (χ1n) is 33.7. The summed E-state index contributed by atoms with van der Waals surface area (Å²) in [5.41, 5.74) is 0. The Morgan fingerprint density at radius 3 is 1.24 bits per heavy atom. The number of ether oxygens (including phenoxy) is 6. The van der Waals surface area contributed by atoms with Gasteiger partial charge in [-0.15, -0.1) is 0 Å². The second-order valence-electron chi connectivity index (χ2n) is 23.9. The van der Waals surface area contributed by atoms with Crippen LogP contribution in [-0.2, 0) is 33.2 Å². The zero-order valence-electron chi connectivity index (χ0n) is 53.0. The highest BCUT2D eigenvalue weighted by Crippen LogP contribution is 2.33. The Bertz CT molecular complexity index is 1860. The average molecular weight is 1240 g/mol. The van der Waals surface area contributed by atoms with Gasteiger partial charge >= 0.3 is 0 Å². The molecule has 3 heterocycles. The van der Waals surface area contributed by atoms with E-state index in [-0.39, 0.29) is 18.9 Å². The highest BCUT2D eigenvalue weighted by Gasteiger charge is 2.53. The van der Waals surface area contributed by atoms with Crippen molar-refractivity contribution in [2.24, 2.45) is 0 Å². The maximum atomic E-state index is 13.3. The van der Waals surface area contributed by atoms with Crippen LogP contribution in [0.25, 0.3) is 0 Å². The number of carbonyl (C=O) groups is 1. The lowest BCUT2D eigenvalue weighted by molar-refractivity contribution is -0.379. The SMILES string of the molecule is CC/C=C\C/C=C\C/C=C\C/C=C\C/C=C\C/C=C\CCCCCCCCCCCCCCCCCCCCC(=O)NC(COC1OC(CO)C(OC2OC(CO)C(OC3OC(CO)C(O)C(O)C3O)C(O)C2O)C(O)C1O)C(O)CCCCCCC. The van der Waals surface area contributed by atoms with Crippen LogP contribution in [0.1, 0.15) is 219 Å². The molecule has 1 amide bonds. The molecule has 0 saturated carbocycles. The van der Waals surface area contributed by atoms with Crippen molar-refractivity contribution in [3.8, 4) is 0 Å². The largest absolute Gasteiger partial charge is 0.394 e. The van der Waals surface area contributed by atoms with Crippen molar-refractivity contribution in [1.29, 1.82) is 0 Å². The molecule has 3 aliphatic rings. The maximum Gasteiger partial charge on any atom is 0.220 e. The monoisotopic (exact) mass is 1240 g/mol. The number of aliphatic hydroxyl groups excluding tert-OH is 11. The molecule has 0 aromatic carbocycles. The summed E-state index contributed by atoms with van der Waals surface area (Å²) in [6.45, 7) is 1.56. The number of aliphatic hydroxyl groups is 11. The molecule has 19 nitrogen and oxygen atoms in total. The second kappa shape index (κ2) is 49.9. The molecule has 12 N–H and O–H groups in total. The molecule has 0 aromatic heterocycles. The lowest BCUT2D eigenvalue weighted by Gasteiger charge is -2.48. The lowest BCUT2D eigenvalue weighted by atomic mass is 9.96. The molecule has 3 aliphatic heterocycles. The molecule has 3 fully saturated rings. The van der Waals surface area contributed by atoms with Crippen LogP contribution in [0, 0.1) is 0 Å². The van der Waals surface area contributed by atoms with Gasteiger partial charge in [-0.2, -0.15) is 0 Å². The summed E-state index contributed by atoms with van der Waals surface area (Å²) in [4.78, 5) is 13.3. The smallest absolute Gasteiger partial charge is 0.220 e. The van der Waals surface area contributed by atoms with Crippen molar-refractivity contribution in [2.75, 3.05) is 26.4 Å². The molecule has 19 heteroatoms. The minimum Gasteiger partial charge on any atom is -0.394 e. The van der Waals surface area contributed by atoms with Gasteiger partial charge in [-0.25, -0.2) is 0 Å². The van der Waals surface area contributed by atoms with E-state index >= 15 is 0 Å². The second-order valence-corrected chi connectivity index (χ2v) is 23.9. The molecule has 17 unspecified atom stereocenters. The first kappa shape index (κ1) is 78.5. The first-order chi connectivity index (χ1) is 42.3. The van der Waals surface area contributed by atoms with Crippen LogP contribution >= 0.6 is 0 Å². The van der Waals surface area contributed by atoms with Gasteiger partial charge in [-0.3, -0.25) is 4.79 Å². The molecule has 504 valence electrons. The summed E-state index contributed by atoms with van der Waals surface area (Å²) >= 11 is 0. The Kier molecular flexibility index (Phi) is 45.0.